The van der Waals surface area contributed by atoms with Gasteiger partial charge in [0.1, 0.15) is 0 Å². The van der Waals surface area contributed by atoms with Crippen LogP contribution in [0.5, 0.6) is 0 Å². The highest BCUT2D eigenvalue weighted by Crippen LogP contribution is 2.23. The van der Waals surface area contributed by atoms with Crippen LogP contribution in [0, 0.1) is 17.8 Å². The first-order valence-electron chi connectivity index (χ1n) is 7.27. The minimum atomic E-state index is 0.142. The molecule has 2 heterocycles. The molecule has 0 radical (unpaired) electrons. The number of carbonyl (C=O) groups is 1. The van der Waals surface area contributed by atoms with Gasteiger partial charge in [-0.15, -0.1) is 0 Å². The fraction of sp³-hybridized carbons (Fsp3) is 0.929. The zero-order valence-corrected chi connectivity index (χ0v) is 11.6. The van der Waals surface area contributed by atoms with Gasteiger partial charge in [0.2, 0.25) is 5.91 Å². The third-order valence-corrected chi connectivity index (χ3v) is 4.44. The van der Waals surface area contributed by atoms with Crippen LogP contribution < -0.4 is 10.6 Å². The minimum absolute atomic E-state index is 0.142. The molecule has 2 fully saturated rings. The lowest BCUT2D eigenvalue weighted by Gasteiger charge is -2.32. The van der Waals surface area contributed by atoms with Crippen LogP contribution in [0.1, 0.15) is 33.1 Å². The molecule has 1 amide bonds. The van der Waals surface area contributed by atoms with Crippen molar-refractivity contribution in [2.24, 2.45) is 17.8 Å². The molecule has 2 aliphatic rings. The van der Waals surface area contributed by atoms with Gasteiger partial charge in [-0.05, 0) is 51.1 Å². The third-order valence-electron chi connectivity index (χ3n) is 4.44. The molecule has 2 rings (SSSR count). The zero-order chi connectivity index (χ0) is 13.0. The largest absolute Gasteiger partial charge is 0.381 e. The number of ether oxygens (including phenoxy) is 1. The summed E-state index contributed by atoms with van der Waals surface area (Å²) in [5, 5.41) is 6.59. The summed E-state index contributed by atoms with van der Waals surface area (Å²) >= 11 is 0. The van der Waals surface area contributed by atoms with E-state index in [1.807, 2.05) is 0 Å². The van der Waals surface area contributed by atoms with Gasteiger partial charge in [-0.25, -0.2) is 0 Å². The van der Waals surface area contributed by atoms with Crippen LogP contribution >= 0.6 is 0 Å². The Morgan fingerprint density at radius 1 is 1.33 bits per heavy atom. The standard InChI is InChI=1S/C14H26N2O2/c1-10-9-18-8-5-13(10)14(17)16-11(2)12-3-6-15-7-4-12/h10-13,15H,3-9H2,1-2H3,(H,16,17). The lowest BCUT2D eigenvalue weighted by Crippen LogP contribution is -2.47. The lowest BCUT2D eigenvalue weighted by molar-refractivity contribution is -0.131. The van der Waals surface area contributed by atoms with E-state index in [1.54, 1.807) is 0 Å². The first-order chi connectivity index (χ1) is 8.68. The molecule has 2 saturated heterocycles. The number of hydrogen-bond acceptors (Lipinski definition) is 3. The molecular weight excluding hydrogens is 228 g/mol. The van der Waals surface area contributed by atoms with Crippen molar-refractivity contribution in [3.8, 4) is 0 Å². The summed E-state index contributed by atoms with van der Waals surface area (Å²) in [6.07, 6.45) is 3.21. The molecule has 2 N–H and O–H groups in total. The molecule has 0 bridgehead atoms. The first kappa shape index (κ1) is 13.8. The number of rotatable bonds is 3. The molecule has 18 heavy (non-hydrogen) atoms. The van der Waals surface area contributed by atoms with Crippen LogP contribution in [0.25, 0.3) is 0 Å². The smallest absolute Gasteiger partial charge is 0.223 e. The van der Waals surface area contributed by atoms with Crippen LogP contribution in [0.2, 0.25) is 0 Å². The minimum Gasteiger partial charge on any atom is -0.381 e. The van der Waals surface area contributed by atoms with Crippen molar-refractivity contribution >= 4 is 5.91 Å². The van der Waals surface area contributed by atoms with Gasteiger partial charge in [0.15, 0.2) is 0 Å². The second kappa shape index (κ2) is 6.53. The van der Waals surface area contributed by atoms with E-state index in [1.165, 1.54) is 12.8 Å². The van der Waals surface area contributed by atoms with Crippen molar-refractivity contribution in [3.05, 3.63) is 0 Å². The molecule has 3 atom stereocenters. The molecule has 4 nitrogen and oxygen atoms in total. The number of carbonyl (C=O) groups excluding carboxylic acids is 1. The topological polar surface area (TPSA) is 50.4 Å². The Morgan fingerprint density at radius 2 is 2.06 bits per heavy atom. The summed E-state index contributed by atoms with van der Waals surface area (Å²) in [6.45, 7) is 7.87. The molecule has 2 aliphatic heterocycles. The molecule has 0 saturated carbocycles. The van der Waals surface area contributed by atoms with E-state index in [0.29, 0.717) is 17.9 Å². The number of amides is 1. The summed E-state index contributed by atoms with van der Waals surface area (Å²) < 4.78 is 5.40. The summed E-state index contributed by atoms with van der Waals surface area (Å²) in [7, 11) is 0. The van der Waals surface area contributed by atoms with E-state index in [0.717, 1.165) is 32.7 Å². The van der Waals surface area contributed by atoms with Crippen molar-refractivity contribution in [1.29, 1.82) is 0 Å². The van der Waals surface area contributed by atoms with Gasteiger partial charge in [0.05, 0.1) is 0 Å². The fourth-order valence-electron chi connectivity index (χ4n) is 3.06. The predicted octanol–water partition coefficient (Wildman–Crippen LogP) is 1.16. The number of nitrogens with one attached hydrogen (secondary N) is 2. The second-order valence-corrected chi connectivity index (χ2v) is 5.83. The Balaban J connectivity index is 1.81. The Bertz CT molecular complexity index is 277. The third kappa shape index (κ3) is 3.45. The van der Waals surface area contributed by atoms with E-state index >= 15 is 0 Å². The first-order valence-corrected chi connectivity index (χ1v) is 7.27. The number of hydrogen-bond donors (Lipinski definition) is 2. The van der Waals surface area contributed by atoms with Gasteiger partial charge in [-0.1, -0.05) is 6.92 Å². The summed E-state index contributed by atoms with van der Waals surface area (Å²) in [5.74, 6) is 1.35. The van der Waals surface area contributed by atoms with Crippen molar-refractivity contribution in [3.63, 3.8) is 0 Å². The van der Waals surface area contributed by atoms with Gasteiger partial charge in [0, 0.05) is 25.2 Å². The maximum Gasteiger partial charge on any atom is 0.223 e. The molecule has 0 aromatic heterocycles. The van der Waals surface area contributed by atoms with E-state index < -0.39 is 0 Å². The SMILES string of the molecule is CC1COCCC1C(=O)NC(C)C1CCNCC1. The van der Waals surface area contributed by atoms with Crippen molar-refractivity contribution in [1.82, 2.24) is 10.6 Å². The molecule has 0 aromatic carbocycles. The molecule has 4 heteroatoms. The Labute approximate surface area is 110 Å². The maximum absolute atomic E-state index is 12.3. The van der Waals surface area contributed by atoms with Crippen LogP contribution in [-0.2, 0) is 9.53 Å². The Kier molecular flexibility index (Phi) is 5.01. The normalized spacial score (nSPS) is 31.9. The Hall–Kier alpha value is -0.610. The van der Waals surface area contributed by atoms with Crippen LogP contribution in [0.15, 0.2) is 0 Å². The summed E-state index contributed by atoms with van der Waals surface area (Å²) in [4.78, 5) is 12.3. The van der Waals surface area contributed by atoms with E-state index in [2.05, 4.69) is 24.5 Å². The zero-order valence-electron chi connectivity index (χ0n) is 11.6. The van der Waals surface area contributed by atoms with E-state index in [-0.39, 0.29) is 11.8 Å². The summed E-state index contributed by atoms with van der Waals surface area (Å²) in [6, 6.07) is 0.301. The van der Waals surface area contributed by atoms with Gasteiger partial charge >= 0.3 is 0 Å². The monoisotopic (exact) mass is 254 g/mol. The predicted molar refractivity (Wildman–Crippen MR) is 71.3 cm³/mol. The van der Waals surface area contributed by atoms with Crippen LogP contribution in [0.4, 0.5) is 0 Å². The average Bonchev–Trinajstić information content (AvgIpc) is 2.40. The molecule has 0 spiro atoms. The maximum atomic E-state index is 12.3. The van der Waals surface area contributed by atoms with Gasteiger partial charge in [-0.3, -0.25) is 4.79 Å². The van der Waals surface area contributed by atoms with Gasteiger partial charge in [0.25, 0.3) is 0 Å². The molecule has 104 valence electrons. The van der Waals surface area contributed by atoms with Gasteiger partial charge in [-0.2, -0.15) is 0 Å². The van der Waals surface area contributed by atoms with Crippen molar-refractivity contribution in [2.45, 2.75) is 39.2 Å². The van der Waals surface area contributed by atoms with Crippen LogP contribution in [-0.4, -0.2) is 38.3 Å². The average molecular weight is 254 g/mol. The highest BCUT2D eigenvalue weighted by Gasteiger charge is 2.30. The highest BCUT2D eigenvalue weighted by atomic mass is 16.5. The molecule has 3 unspecified atom stereocenters. The quantitative estimate of drug-likeness (QED) is 0.795. The fourth-order valence-corrected chi connectivity index (χ4v) is 3.06. The molecule has 0 aromatic rings. The molecular formula is C14H26N2O2. The number of piperidine rings is 1. The Morgan fingerprint density at radius 3 is 2.72 bits per heavy atom. The summed E-state index contributed by atoms with van der Waals surface area (Å²) in [5.41, 5.74) is 0. The van der Waals surface area contributed by atoms with Gasteiger partial charge < -0.3 is 15.4 Å². The second-order valence-electron chi connectivity index (χ2n) is 5.83. The highest BCUT2D eigenvalue weighted by molar-refractivity contribution is 5.79. The van der Waals surface area contributed by atoms with Crippen LogP contribution in [0.3, 0.4) is 0 Å². The molecule has 0 aliphatic carbocycles. The van der Waals surface area contributed by atoms with Crippen molar-refractivity contribution < 1.29 is 9.53 Å². The van der Waals surface area contributed by atoms with E-state index in [9.17, 15) is 4.79 Å². The van der Waals surface area contributed by atoms with Crippen molar-refractivity contribution in [2.75, 3.05) is 26.3 Å². The van der Waals surface area contributed by atoms with E-state index in [4.69, 9.17) is 4.74 Å². The lowest BCUT2D eigenvalue weighted by atomic mass is 9.87.